The van der Waals surface area contributed by atoms with Crippen LogP contribution in [-0.4, -0.2) is 4.98 Å². The van der Waals surface area contributed by atoms with Crippen LogP contribution < -0.4 is 11.1 Å². The first-order chi connectivity index (χ1) is 9.75. The Morgan fingerprint density at radius 1 is 1.19 bits per heavy atom. The summed E-state index contributed by atoms with van der Waals surface area (Å²) in [4.78, 5) is 3.89. The van der Waals surface area contributed by atoms with Gasteiger partial charge in [-0.05, 0) is 36.8 Å². The van der Waals surface area contributed by atoms with E-state index in [-0.39, 0.29) is 17.7 Å². The molecular weight excluding hydrogens is 347 g/mol. The summed E-state index contributed by atoms with van der Waals surface area (Å²) in [5.41, 5.74) is 5.54. The average Bonchev–Trinajstić information content (AvgIpc) is 2.37. The van der Waals surface area contributed by atoms with Gasteiger partial charge in [0.05, 0.1) is 5.56 Å². The van der Waals surface area contributed by atoms with Crippen LogP contribution in [0, 0.1) is 0 Å². The van der Waals surface area contributed by atoms with E-state index < -0.39 is 11.7 Å². The van der Waals surface area contributed by atoms with Crippen molar-refractivity contribution in [2.45, 2.75) is 19.1 Å². The lowest BCUT2D eigenvalue weighted by Crippen LogP contribution is -2.12. The first kappa shape index (κ1) is 15.6. The standard InChI is InChI=1S/C14H13BrF3N3/c1-8(9-2-4-11(15)5-3-9)20-13-7-10(14(16,17)18)6-12(19)21-13/h2-8H,1H3,(H3,19,20,21). The van der Waals surface area contributed by atoms with E-state index in [0.29, 0.717) is 0 Å². The molecule has 3 nitrogen and oxygen atoms in total. The first-order valence-corrected chi connectivity index (χ1v) is 6.92. The van der Waals surface area contributed by atoms with E-state index in [9.17, 15) is 13.2 Å². The Morgan fingerprint density at radius 2 is 1.81 bits per heavy atom. The minimum Gasteiger partial charge on any atom is -0.384 e. The second-order valence-corrected chi connectivity index (χ2v) is 5.50. The van der Waals surface area contributed by atoms with Gasteiger partial charge in [0.2, 0.25) is 0 Å². The zero-order valence-corrected chi connectivity index (χ0v) is 12.7. The van der Waals surface area contributed by atoms with Gasteiger partial charge in [0.1, 0.15) is 11.6 Å². The fourth-order valence-corrected chi connectivity index (χ4v) is 2.11. The van der Waals surface area contributed by atoms with Crippen molar-refractivity contribution in [1.29, 1.82) is 0 Å². The molecular formula is C14H13BrF3N3. The molecule has 2 aromatic rings. The van der Waals surface area contributed by atoms with E-state index in [2.05, 4.69) is 26.2 Å². The van der Waals surface area contributed by atoms with Crippen molar-refractivity contribution in [3.8, 4) is 0 Å². The summed E-state index contributed by atoms with van der Waals surface area (Å²) in [6.07, 6.45) is -4.45. The molecule has 0 saturated heterocycles. The molecule has 0 amide bonds. The molecule has 1 aromatic carbocycles. The molecule has 1 heterocycles. The predicted octanol–water partition coefficient (Wildman–Crippen LogP) is 4.62. The minimum absolute atomic E-state index is 0.0951. The quantitative estimate of drug-likeness (QED) is 0.840. The molecule has 0 aliphatic heterocycles. The summed E-state index contributed by atoms with van der Waals surface area (Å²) in [5, 5.41) is 2.92. The van der Waals surface area contributed by atoms with Gasteiger partial charge in [-0.15, -0.1) is 0 Å². The topological polar surface area (TPSA) is 50.9 Å². The molecule has 3 N–H and O–H groups in total. The molecule has 2 rings (SSSR count). The van der Waals surface area contributed by atoms with Gasteiger partial charge in [0, 0.05) is 10.5 Å². The first-order valence-electron chi connectivity index (χ1n) is 6.12. The largest absolute Gasteiger partial charge is 0.416 e. The van der Waals surface area contributed by atoms with Crippen LogP contribution in [0.4, 0.5) is 24.8 Å². The highest BCUT2D eigenvalue weighted by Crippen LogP contribution is 2.32. The number of nitrogens with two attached hydrogens (primary N) is 1. The van der Waals surface area contributed by atoms with E-state index >= 15 is 0 Å². The van der Waals surface area contributed by atoms with Gasteiger partial charge >= 0.3 is 6.18 Å². The van der Waals surface area contributed by atoms with Crippen molar-refractivity contribution in [3.63, 3.8) is 0 Å². The smallest absolute Gasteiger partial charge is 0.384 e. The number of pyridine rings is 1. The van der Waals surface area contributed by atoms with Crippen LogP contribution in [0.25, 0.3) is 0 Å². The highest BCUT2D eigenvalue weighted by atomic mass is 79.9. The second-order valence-electron chi connectivity index (χ2n) is 4.58. The van der Waals surface area contributed by atoms with E-state index in [1.165, 1.54) is 0 Å². The molecule has 0 radical (unpaired) electrons. The number of halogens is 4. The zero-order chi connectivity index (χ0) is 15.6. The molecule has 0 aliphatic carbocycles. The lowest BCUT2D eigenvalue weighted by atomic mass is 10.1. The maximum Gasteiger partial charge on any atom is 0.416 e. The number of nitrogens with zero attached hydrogens (tertiary/aromatic N) is 1. The van der Waals surface area contributed by atoms with Gasteiger partial charge in [0.25, 0.3) is 0 Å². The third kappa shape index (κ3) is 4.10. The molecule has 0 bridgehead atoms. The monoisotopic (exact) mass is 359 g/mol. The lowest BCUT2D eigenvalue weighted by Gasteiger charge is -2.17. The fourth-order valence-electron chi connectivity index (χ4n) is 1.85. The van der Waals surface area contributed by atoms with Gasteiger partial charge in [-0.1, -0.05) is 28.1 Å². The summed E-state index contributed by atoms with van der Waals surface area (Å²) in [7, 11) is 0. The van der Waals surface area contributed by atoms with Gasteiger partial charge in [-0.3, -0.25) is 0 Å². The highest BCUT2D eigenvalue weighted by molar-refractivity contribution is 9.10. The molecule has 1 unspecified atom stereocenters. The summed E-state index contributed by atoms with van der Waals surface area (Å²) in [5.74, 6) is -0.0759. The van der Waals surface area contributed by atoms with Crippen LogP contribution >= 0.6 is 15.9 Å². The van der Waals surface area contributed by atoms with Crippen molar-refractivity contribution in [3.05, 3.63) is 52.0 Å². The molecule has 7 heteroatoms. The van der Waals surface area contributed by atoms with Crippen molar-refractivity contribution in [2.75, 3.05) is 11.1 Å². The normalized spacial score (nSPS) is 13.0. The summed E-state index contributed by atoms with van der Waals surface area (Å²) in [6, 6.07) is 9.04. The number of hydrogen-bond acceptors (Lipinski definition) is 3. The van der Waals surface area contributed by atoms with Crippen LogP contribution in [0.3, 0.4) is 0 Å². The third-order valence-corrected chi connectivity index (χ3v) is 3.44. The minimum atomic E-state index is -4.45. The Kier molecular flexibility index (Phi) is 4.41. The van der Waals surface area contributed by atoms with Gasteiger partial charge < -0.3 is 11.1 Å². The van der Waals surface area contributed by atoms with Crippen LogP contribution in [-0.2, 0) is 6.18 Å². The van der Waals surface area contributed by atoms with E-state index in [1.54, 1.807) is 0 Å². The maximum absolute atomic E-state index is 12.7. The number of hydrogen-bond donors (Lipinski definition) is 2. The molecule has 1 atom stereocenters. The number of nitrogen functional groups attached to an aromatic ring is 1. The lowest BCUT2D eigenvalue weighted by molar-refractivity contribution is -0.137. The van der Waals surface area contributed by atoms with E-state index in [1.807, 2.05) is 31.2 Å². The van der Waals surface area contributed by atoms with Crippen molar-refractivity contribution in [2.24, 2.45) is 0 Å². The predicted molar refractivity (Wildman–Crippen MR) is 79.8 cm³/mol. The van der Waals surface area contributed by atoms with E-state index in [4.69, 9.17) is 5.73 Å². The SMILES string of the molecule is CC(Nc1cc(C(F)(F)F)cc(N)n1)c1ccc(Br)cc1. The second kappa shape index (κ2) is 5.93. The summed E-state index contributed by atoms with van der Waals surface area (Å²) in [6.45, 7) is 1.83. The zero-order valence-electron chi connectivity index (χ0n) is 11.1. The molecule has 1 aromatic heterocycles. The number of rotatable bonds is 3. The van der Waals surface area contributed by atoms with Crippen LogP contribution in [0.5, 0.6) is 0 Å². The molecule has 0 fully saturated rings. The Labute approximate surface area is 128 Å². The van der Waals surface area contributed by atoms with Crippen LogP contribution in [0.2, 0.25) is 0 Å². The van der Waals surface area contributed by atoms with Gasteiger partial charge in [-0.25, -0.2) is 4.98 Å². The maximum atomic E-state index is 12.7. The fraction of sp³-hybridized carbons (Fsp3) is 0.214. The van der Waals surface area contributed by atoms with Crippen molar-refractivity contribution in [1.82, 2.24) is 4.98 Å². The number of benzene rings is 1. The Morgan fingerprint density at radius 3 is 2.38 bits per heavy atom. The number of alkyl halides is 3. The van der Waals surface area contributed by atoms with Crippen molar-refractivity contribution >= 4 is 27.6 Å². The van der Waals surface area contributed by atoms with Gasteiger partial charge in [-0.2, -0.15) is 13.2 Å². The Hall–Kier alpha value is -1.76. The molecule has 0 spiro atoms. The number of anilines is 2. The molecule has 21 heavy (non-hydrogen) atoms. The third-order valence-electron chi connectivity index (χ3n) is 2.91. The van der Waals surface area contributed by atoms with E-state index in [0.717, 1.165) is 22.2 Å². The molecule has 0 aliphatic rings. The average molecular weight is 360 g/mol. The van der Waals surface area contributed by atoms with Crippen LogP contribution in [0.15, 0.2) is 40.9 Å². The Balaban J connectivity index is 2.23. The summed E-state index contributed by atoms with van der Waals surface area (Å²) >= 11 is 3.33. The van der Waals surface area contributed by atoms with Crippen LogP contribution in [0.1, 0.15) is 24.1 Å². The Bertz CT molecular complexity index is 626. The molecule has 112 valence electrons. The highest BCUT2D eigenvalue weighted by Gasteiger charge is 2.31. The number of aromatic nitrogens is 1. The summed E-state index contributed by atoms with van der Waals surface area (Å²) < 4.78 is 39.1. The van der Waals surface area contributed by atoms with Crippen molar-refractivity contribution < 1.29 is 13.2 Å². The van der Waals surface area contributed by atoms with Gasteiger partial charge in [0.15, 0.2) is 0 Å². The molecule has 0 saturated carbocycles. The number of nitrogens with one attached hydrogen (secondary N) is 1.